The van der Waals surface area contributed by atoms with Gasteiger partial charge in [0.05, 0.1) is 39.1 Å². The Balaban J connectivity index is 3.57. The minimum Gasteiger partial charge on any atom is -0.432 e. The molecular weight excluding hydrogens is 244 g/mol. The highest BCUT2D eigenvalue weighted by Gasteiger charge is 2.12. The minimum absolute atomic E-state index is 0.0586. The number of carbonyl (C=O) groups excluding carboxylic acids is 1. The van der Waals surface area contributed by atoms with Crippen molar-refractivity contribution in [1.82, 2.24) is 0 Å². The van der Waals surface area contributed by atoms with Crippen molar-refractivity contribution < 1.29 is 34.0 Å². The smallest absolute Gasteiger partial charge is 0.432 e. The van der Waals surface area contributed by atoms with Gasteiger partial charge >= 0.3 is 6.16 Å². The van der Waals surface area contributed by atoms with Crippen LogP contribution in [0, 0.1) is 0 Å². The molecule has 108 valence electrons. The number of hydrogen-bond donors (Lipinski definition) is 2. The normalized spacial score (nSPS) is 14.0. The van der Waals surface area contributed by atoms with E-state index < -0.39 is 12.3 Å². The van der Waals surface area contributed by atoms with Gasteiger partial charge in [-0.25, -0.2) is 4.79 Å². The van der Waals surface area contributed by atoms with Gasteiger partial charge in [0.1, 0.15) is 12.7 Å². The summed E-state index contributed by atoms with van der Waals surface area (Å²) in [5.41, 5.74) is 0. The Morgan fingerprint density at radius 3 is 2.33 bits per heavy atom. The maximum atomic E-state index is 11.2. The van der Waals surface area contributed by atoms with Crippen LogP contribution in [0.4, 0.5) is 4.79 Å². The molecular formula is C11H22O7. The van der Waals surface area contributed by atoms with Crippen LogP contribution in [0.5, 0.6) is 0 Å². The fraction of sp³-hybridized carbons (Fsp3) is 0.909. The molecule has 0 bridgehead atoms. The van der Waals surface area contributed by atoms with Crippen LogP contribution in [0.1, 0.15) is 13.8 Å². The number of ether oxygens (including phenoxy) is 4. The average molecular weight is 266 g/mol. The van der Waals surface area contributed by atoms with E-state index in [4.69, 9.17) is 29.2 Å². The summed E-state index contributed by atoms with van der Waals surface area (Å²) >= 11 is 0. The van der Waals surface area contributed by atoms with Crippen LogP contribution >= 0.6 is 0 Å². The van der Waals surface area contributed by atoms with Gasteiger partial charge in [0.2, 0.25) is 0 Å². The van der Waals surface area contributed by atoms with Crippen molar-refractivity contribution in [2.24, 2.45) is 0 Å². The summed E-state index contributed by atoms with van der Waals surface area (Å²) in [7, 11) is 0. The van der Waals surface area contributed by atoms with Gasteiger partial charge < -0.3 is 29.2 Å². The van der Waals surface area contributed by atoms with E-state index in [0.29, 0.717) is 0 Å². The van der Waals surface area contributed by atoms with E-state index >= 15 is 0 Å². The summed E-state index contributed by atoms with van der Waals surface area (Å²) in [6, 6.07) is 0. The van der Waals surface area contributed by atoms with E-state index in [0.717, 1.165) is 0 Å². The van der Waals surface area contributed by atoms with Crippen LogP contribution < -0.4 is 0 Å². The third-order valence-corrected chi connectivity index (χ3v) is 1.82. The summed E-state index contributed by atoms with van der Waals surface area (Å²) < 4.78 is 19.8. The minimum atomic E-state index is -0.797. The van der Waals surface area contributed by atoms with Crippen LogP contribution in [0.25, 0.3) is 0 Å². The maximum Gasteiger partial charge on any atom is 0.508 e. The quantitative estimate of drug-likeness (QED) is 0.422. The zero-order chi connectivity index (χ0) is 13.8. The Hall–Kier alpha value is -0.890. The number of aliphatic hydroxyl groups excluding tert-OH is 2. The van der Waals surface area contributed by atoms with Gasteiger partial charge in [-0.15, -0.1) is 0 Å². The molecule has 0 aliphatic carbocycles. The molecule has 0 saturated heterocycles. The zero-order valence-electron chi connectivity index (χ0n) is 10.8. The van der Waals surface area contributed by atoms with Crippen LogP contribution in [-0.2, 0) is 18.9 Å². The lowest BCUT2D eigenvalue weighted by Gasteiger charge is -2.15. The Bertz CT molecular complexity index is 210. The number of carbonyl (C=O) groups is 1. The topological polar surface area (TPSA) is 94.5 Å². The molecule has 0 aliphatic heterocycles. The monoisotopic (exact) mass is 266 g/mol. The lowest BCUT2D eigenvalue weighted by molar-refractivity contribution is -0.0403. The molecule has 0 aromatic carbocycles. The Labute approximate surface area is 107 Å². The SMILES string of the molecule is CC(COC(=O)OC(C)COCCO)OCCO. The number of rotatable bonds is 10. The highest BCUT2D eigenvalue weighted by molar-refractivity contribution is 5.60. The number of aliphatic hydroxyl groups is 2. The summed E-state index contributed by atoms with van der Waals surface area (Å²) in [5.74, 6) is 0. The van der Waals surface area contributed by atoms with E-state index in [1.807, 2.05) is 0 Å². The first-order valence-electron chi connectivity index (χ1n) is 5.84. The van der Waals surface area contributed by atoms with E-state index in [9.17, 15) is 4.79 Å². The fourth-order valence-electron chi connectivity index (χ4n) is 1.03. The van der Waals surface area contributed by atoms with Crippen LogP contribution in [0.3, 0.4) is 0 Å². The Morgan fingerprint density at radius 2 is 1.72 bits per heavy atom. The Morgan fingerprint density at radius 1 is 1.06 bits per heavy atom. The molecule has 0 radical (unpaired) electrons. The van der Waals surface area contributed by atoms with Gasteiger partial charge in [0.15, 0.2) is 0 Å². The third kappa shape index (κ3) is 10.3. The van der Waals surface area contributed by atoms with Crippen molar-refractivity contribution in [2.75, 3.05) is 39.6 Å². The summed E-state index contributed by atoms with van der Waals surface area (Å²) in [6.07, 6.45) is -1.54. The van der Waals surface area contributed by atoms with Crippen LogP contribution in [0.2, 0.25) is 0 Å². The van der Waals surface area contributed by atoms with Gasteiger partial charge in [-0.3, -0.25) is 0 Å². The van der Waals surface area contributed by atoms with Gasteiger partial charge in [0, 0.05) is 0 Å². The Kier molecular flexibility index (Phi) is 10.7. The van der Waals surface area contributed by atoms with Crippen molar-refractivity contribution in [3.63, 3.8) is 0 Å². The van der Waals surface area contributed by atoms with E-state index in [1.165, 1.54) is 0 Å². The fourth-order valence-corrected chi connectivity index (χ4v) is 1.03. The highest BCUT2D eigenvalue weighted by atomic mass is 16.7. The van der Waals surface area contributed by atoms with Crippen molar-refractivity contribution in [2.45, 2.75) is 26.1 Å². The van der Waals surface area contributed by atoms with Crippen LogP contribution in [-0.4, -0.2) is 68.2 Å². The van der Waals surface area contributed by atoms with Gasteiger partial charge in [-0.2, -0.15) is 0 Å². The molecule has 18 heavy (non-hydrogen) atoms. The molecule has 2 N–H and O–H groups in total. The van der Waals surface area contributed by atoms with Crippen molar-refractivity contribution in [3.8, 4) is 0 Å². The van der Waals surface area contributed by atoms with Gasteiger partial charge in [-0.05, 0) is 13.8 Å². The highest BCUT2D eigenvalue weighted by Crippen LogP contribution is 1.98. The van der Waals surface area contributed by atoms with E-state index in [-0.39, 0.29) is 45.7 Å². The lowest BCUT2D eigenvalue weighted by Crippen LogP contribution is -2.25. The number of hydrogen-bond acceptors (Lipinski definition) is 7. The van der Waals surface area contributed by atoms with Crippen LogP contribution in [0.15, 0.2) is 0 Å². The first-order chi connectivity index (χ1) is 8.60. The predicted octanol–water partition coefficient (Wildman–Crippen LogP) is -0.0656. The molecule has 0 aliphatic rings. The molecule has 7 nitrogen and oxygen atoms in total. The molecule has 0 spiro atoms. The average Bonchev–Trinajstić information content (AvgIpc) is 2.34. The molecule has 0 heterocycles. The molecule has 0 aromatic heterocycles. The lowest BCUT2D eigenvalue weighted by atomic mass is 10.4. The molecule has 0 saturated carbocycles. The second kappa shape index (κ2) is 11.2. The second-order valence-corrected chi connectivity index (χ2v) is 3.69. The van der Waals surface area contributed by atoms with E-state index in [1.54, 1.807) is 13.8 Å². The third-order valence-electron chi connectivity index (χ3n) is 1.82. The van der Waals surface area contributed by atoms with Gasteiger partial charge in [-0.1, -0.05) is 0 Å². The molecule has 0 rings (SSSR count). The van der Waals surface area contributed by atoms with Crippen molar-refractivity contribution >= 4 is 6.16 Å². The van der Waals surface area contributed by atoms with Crippen molar-refractivity contribution in [1.29, 1.82) is 0 Å². The molecule has 0 fully saturated rings. The molecule has 2 atom stereocenters. The maximum absolute atomic E-state index is 11.2. The van der Waals surface area contributed by atoms with E-state index in [2.05, 4.69) is 0 Å². The second-order valence-electron chi connectivity index (χ2n) is 3.69. The van der Waals surface area contributed by atoms with Gasteiger partial charge in [0.25, 0.3) is 0 Å². The standard InChI is InChI=1S/C11H22O7/c1-9(16-6-4-13)8-17-11(14)18-10(2)7-15-5-3-12/h9-10,12-13H,3-8H2,1-2H3. The van der Waals surface area contributed by atoms with Crippen molar-refractivity contribution in [3.05, 3.63) is 0 Å². The molecule has 0 aromatic rings. The summed E-state index contributed by atoms with van der Waals surface area (Å²) in [6.45, 7) is 3.89. The summed E-state index contributed by atoms with van der Waals surface area (Å²) in [5, 5.41) is 17.0. The largest absolute Gasteiger partial charge is 0.508 e. The summed E-state index contributed by atoms with van der Waals surface area (Å²) in [4.78, 5) is 11.2. The first-order valence-corrected chi connectivity index (χ1v) is 5.84. The zero-order valence-corrected chi connectivity index (χ0v) is 10.8. The molecule has 7 heteroatoms. The predicted molar refractivity (Wildman–Crippen MR) is 62.3 cm³/mol. The first kappa shape index (κ1) is 17.1. The molecule has 0 amide bonds. The molecule has 2 unspecified atom stereocenters.